The van der Waals surface area contributed by atoms with Gasteiger partial charge in [-0.15, -0.1) is 11.3 Å². The second-order valence-electron chi connectivity index (χ2n) is 6.81. The van der Waals surface area contributed by atoms with Crippen LogP contribution in [0.25, 0.3) is 0 Å². The molecule has 0 fully saturated rings. The summed E-state index contributed by atoms with van der Waals surface area (Å²) in [5.74, 6) is 0.175. The number of fused-ring (bicyclic) bond motifs is 1. The van der Waals surface area contributed by atoms with E-state index in [0.717, 1.165) is 35.5 Å². The van der Waals surface area contributed by atoms with Crippen LogP contribution in [-0.2, 0) is 17.6 Å². The molecular weight excluding hydrogens is 280 g/mol. The van der Waals surface area contributed by atoms with Gasteiger partial charge in [-0.05, 0) is 43.1 Å². The number of hydrogen-bond acceptors (Lipinski definition) is 4. The highest BCUT2D eigenvalue weighted by molar-refractivity contribution is 7.16. The van der Waals surface area contributed by atoms with Gasteiger partial charge in [0, 0.05) is 23.1 Å². The van der Waals surface area contributed by atoms with Crippen LogP contribution >= 0.6 is 11.3 Å². The van der Waals surface area contributed by atoms with Crippen molar-refractivity contribution in [3.63, 3.8) is 0 Å². The number of aryl methyl sites for hydroxylation is 1. The van der Waals surface area contributed by atoms with Crippen LogP contribution in [0.3, 0.4) is 0 Å². The molecule has 0 saturated carbocycles. The molecule has 21 heavy (non-hydrogen) atoms. The number of carbonyl (C=O) groups is 1. The number of carbonyl (C=O) groups excluding carboxylic acids is 1. The number of ketones is 1. The van der Waals surface area contributed by atoms with E-state index in [1.165, 1.54) is 23.3 Å². The molecular formula is C17H20N2OS. The van der Waals surface area contributed by atoms with Crippen molar-refractivity contribution < 1.29 is 4.79 Å². The first-order valence-electron chi connectivity index (χ1n) is 7.53. The maximum absolute atomic E-state index is 11.9. The molecule has 3 nitrogen and oxygen atoms in total. The van der Waals surface area contributed by atoms with E-state index < -0.39 is 0 Å². The third kappa shape index (κ3) is 2.89. The fourth-order valence-corrected chi connectivity index (χ4v) is 4.62. The van der Waals surface area contributed by atoms with Gasteiger partial charge in [-0.25, -0.2) is 0 Å². The number of nitrogens with one attached hydrogen (secondary N) is 1. The Balaban J connectivity index is 1.90. The third-order valence-electron chi connectivity index (χ3n) is 4.21. The second kappa shape index (κ2) is 5.31. The minimum atomic E-state index is -0.00213. The molecule has 0 bridgehead atoms. The van der Waals surface area contributed by atoms with Crippen molar-refractivity contribution in [3.05, 3.63) is 27.8 Å². The van der Waals surface area contributed by atoms with Gasteiger partial charge in [0.2, 0.25) is 0 Å². The Labute approximate surface area is 129 Å². The molecule has 1 aromatic heterocycles. The number of rotatable bonds is 2. The lowest BCUT2D eigenvalue weighted by molar-refractivity contribution is -0.117. The zero-order valence-corrected chi connectivity index (χ0v) is 13.4. The molecule has 0 aliphatic heterocycles. The molecule has 0 radical (unpaired) electrons. The fraction of sp³-hybridized carbons (Fsp3) is 0.529. The van der Waals surface area contributed by atoms with E-state index in [0.29, 0.717) is 6.42 Å². The summed E-state index contributed by atoms with van der Waals surface area (Å²) in [4.78, 5) is 13.2. The van der Waals surface area contributed by atoms with Crippen LogP contribution in [0.15, 0.2) is 11.8 Å². The zero-order chi connectivity index (χ0) is 15.0. The summed E-state index contributed by atoms with van der Waals surface area (Å²) in [5, 5.41) is 13.8. The standard InChI is InChI=1S/C17H20N2OS/c1-17(2)8-11(7-12(20)9-17)19-16-14(10-18)13-5-3-4-6-15(13)21-16/h7,19H,3-6,8-9H2,1-2H3. The van der Waals surface area contributed by atoms with Crippen LogP contribution in [0.5, 0.6) is 0 Å². The van der Waals surface area contributed by atoms with Gasteiger partial charge in [0.25, 0.3) is 0 Å². The van der Waals surface area contributed by atoms with Crippen molar-refractivity contribution in [2.45, 2.75) is 52.4 Å². The molecule has 0 aromatic carbocycles. The Morgan fingerprint density at radius 1 is 1.29 bits per heavy atom. The smallest absolute Gasteiger partial charge is 0.157 e. The van der Waals surface area contributed by atoms with Crippen molar-refractivity contribution in [2.75, 3.05) is 5.32 Å². The van der Waals surface area contributed by atoms with E-state index in [-0.39, 0.29) is 11.2 Å². The first-order valence-corrected chi connectivity index (χ1v) is 8.35. The Hall–Kier alpha value is -1.60. The van der Waals surface area contributed by atoms with Gasteiger partial charge in [-0.2, -0.15) is 5.26 Å². The molecule has 4 heteroatoms. The van der Waals surface area contributed by atoms with Crippen LogP contribution in [0.4, 0.5) is 5.00 Å². The van der Waals surface area contributed by atoms with Gasteiger partial charge >= 0.3 is 0 Å². The molecule has 1 aromatic rings. The maximum atomic E-state index is 11.9. The summed E-state index contributed by atoms with van der Waals surface area (Å²) in [7, 11) is 0. The zero-order valence-electron chi connectivity index (χ0n) is 12.6. The molecule has 3 rings (SSSR count). The summed E-state index contributed by atoms with van der Waals surface area (Å²) in [6.07, 6.45) is 7.65. The van der Waals surface area contributed by atoms with Crippen molar-refractivity contribution in [2.24, 2.45) is 5.41 Å². The molecule has 0 unspecified atom stereocenters. The molecule has 0 amide bonds. The lowest BCUT2D eigenvalue weighted by Gasteiger charge is -2.29. The van der Waals surface area contributed by atoms with Crippen molar-refractivity contribution in [1.29, 1.82) is 5.26 Å². The number of hydrogen-bond donors (Lipinski definition) is 1. The molecule has 2 aliphatic carbocycles. The van der Waals surface area contributed by atoms with Crippen LogP contribution in [0.2, 0.25) is 0 Å². The Morgan fingerprint density at radius 3 is 2.76 bits per heavy atom. The highest BCUT2D eigenvalue weighted by Crippen LogP contribution is 2.40. The molecule has 0 spiro atoms. The number of thiophene rings is 1. The Bertz CT molecular complexity index is 661. The molecule has 2 aliphatic rings. The van der Waals surface area contributed by atoms with Gasteiger partial charge in [-0.3, -0.25) is 4.79 Å². The molecule has 110 valence electrons. The van der Waals surface area contributed by atoms with Gasteiger partial charge < -0.3 is 5.32 Å². The average Bonchev–Trinajstić information content (AvgIpc) is 2.73. The highest BCUT2D eigenvalue weighted by Gasteiger charge is 2.29. The van der Waals surface area contributed by atoms with Crippen molar-refractivity contribution >= 4 is 22.1 Å². The number of allylic oxidation sites excluding steroid dienone is 2. The minimum Gasteiger partial charge on any atom is -0.349 e. The van der Waals surface area contributed by atoms with Crippen LogP contribution in [-0.4, -0.2) is 5.78 Å². The van der Waals surface area contributed by atoms with E-state index in [4.69, 9.17) is 0 Å². The second-order valence-corrected chi connectivity index (χ2v) is 7.91. The predicted octanol–water partition coefficient (Wildman–Crippen LogP) is 4.18. The minimum absolute atomic E-state index is 0.00213. The average molecular weight is 300 g/mol. The predicted molar refractivity (Wildman–Crippen MR) is 85.4 cm³/mol. The largest absolute Gasteiger partial charge is 0.349 e. The SMILES string of the molecule is CC1(C)CC(=O)C=C(Nc2sc3c(c2C#N)CCCC3)C1. The van der Waals surface area contributed by atoms with E-state index in [9.17, 15) is 10.1 Å². The summed E-state index contributed by atoms with van der Waals surface area (Å²) >= 11 is 1.70. The Morgan fingerprint density at radius 2 is 2.05 bits per heavy atom. The first-order chi connectivity index (χ1) is 9.98. The van der Waals surface area contributed by atoms with E-state index in [2.05, 4.69) is 25.2 Å². The quantitative estimate of drug-likeness (QED) is 0.891. The normalized spacial score (nSPS) is 20.4. The van der Waals surface area contributed by atoms with Crippen LogP contribution < -0.4 is 5.32 Å². The number of anilines is 1. The summed E-state index contributed by atoms with van der Waals surface area (Å²) in [5.41, 5.74) is 2.98. The van der Waals surface area contributed by atoms with Gasteiger partial charge in [-0.1, -0.05) is 13.8 Å². The van der Waals surface area contributed by atoms with Crippen LogP contribution in [0, 0.1) is 16.7 Å². The van der Waals surface area contributed by atoms with Gasteiger partial charge in [0.15, 0.2) is 5.78 Å². The van der Waals surface area contributed by atoms with E-state index >= 15 is 0 Å². The van der Waals surface area contributed by atoms with Crippen molar-refractivity contribution in [3.8, 4) is 6.07 Å². The Kier molecular flexibility index (Phi) is 3.62. The molecule has 0 saturated heterocycles. The lowest BCUT2D eigenvalue weighted by Crippen LogP contribution is -2.24. The summed E-state index contributed by atoms with van der Waals surface area (Å²) in [6.45, 7) is 4.23. The summed E-state index contributed by atoms with van der Waals surface area (Å²) < 4.78 is 0. The van der Waals surface area contributed by atoms with E-state index in [1.807, 2.05) is 0 Å². The van der Waals surface area contributed by atoms with Crippen molar-refractivity contribution in [1.82, 2.24) is 0 Å². The monoisotopic (exact) mass is 300 g/mol. The maximum Gasteiger partial charge on any atom is 0.157 e. The number of nitrogens with zero attached hydrogens (tertiary/aromatic N) is 1. The molecule has 1 heterocycles. The van der Waals surface area contributed by atoms with E-state index in [1.54, 1.807) is 17.4 Å². The first kappa shape index (κ1) is 14.3. The lowest BCUT2D eigenvalue weighted by atomic mass is 9.79. The topological polar surface area (TPSA) is 52.9 Å². The van der Waals surface area contributed by atoms with Gasteiger partial charge in [0.05, 0.1) is 5.56 Å². The third-order valence-corrected chi connectivity index (χ3v) is 5.42. The van der Waals surface area contributed by atoms with Gasteiger partial charge in [0.1, 0.15) is 11.1 Å². The summed E-state index contributed by atoms with van der Waals surface area (Å²) in [6, 6.07) is 2.36. The highest BCUT2D eigenvalue weighted by atomic mass is 32.1. The number of nitriles is 1. The molecule has 0 atom stereocenters. The van der Waals surface area contributed by atoms with Crippen LogP contribution in [0.1, 0.15) is 55.5 Å². The fourth-order valence-electron chi connectivity index (χ4n) is 3.34. The molecule has 1 N–H and O–H groups in total.